The Balaban J connectivity index is 2.34. The highest BCUT2D eigenvalue weighted by molar-refractivity contribution is 5.81. The van der Waals surface area contributed by atoms with Gasteiger partial charge in [0.25, 0.3) is 0 Å². The third-order valence-electron chi connectivity index (χ3n) is 3.18. The molecule has 0 amide bonds. The summed E-state index contributed by atoms with van der Waals surface area (Å²) in [4.78, 5) is 14.2. The minimum Gasteiger partial charge on any atom is -0.464 e. The number of carbonyl (C=O) groups is 1. The molecule has 0 heterocycles. The molecule has 0 saturated heterocycles. The lowest BCUT2D eigenvalue weighted by Crippen LogP contribution is -2.32. The molecule has 1 unspecified atom stereocenters. The van der Waals surface area contributed by atoms with Gasteiger partial charge in [-0.1, -0.05) is 48.5 Å². The van der Waals surface area contributed by atoms with Crippen LogP contribution in [0.2, 0.25) is 0 Å². The normalized spacial score (nSPS) is 11.7. The molecule has 0 N–H and O–H groups in total. The van der Waals surface area contributed by atoms with Crippen LogP contribution >= 0.6 is 0 Å². The topological polar surface area (TPSA) is 29.5 Å². The van der Waals surface area contributed by atoms with E-state index >= 15 is 0 Å². The van der Waals surface area contributed by atoms with Gasteiger partial charge in [-0.15, -0.1) is 0 Å². The summed E-state index contributed by atoms with van der Waals surface area (Å²) >= 11 is 0. The van der Waals surface area contributed by atoms with Crippen molar-refractivity contribution < 1.29 is 9.53 Å². The summed E-state index contributed by atoms with van der Waals surface area (Å²) in [6, 6.07) is 19.1. The monoisotopic (exact) mass is 269 g/mol. The molecule has 0 radical (unpaired) electrons. The second-order valence-electron chi connectivity index (χ2n) is 4.51. The number of rotatable bonds is 5. The molecule has 0 bridgehead atoms. The molecule has 0 aliphatic carbocycles. The van der Waals surface area contributed by atoms with E-state index in [1.165, 1.54) is 0 Å². The van der Waals surface area contributed by atoms with Crippen LogP contribution in [0.25, 0.3) is 0 Å². The Bertz CT molecular complexity index is 539. The Labute approximate surface area is 119 Å². The number of hydrogen-bond acceptors (Lipinski definition) is 3. The zero-order valence-corrected chi connectivity index (χ0v) is 11.8. The molecule has 0 aliphatic heterocycles. The maximum Gasteiger partial charge on any atom is 0.333 e. The molecule has 3 heteroatoms. The fraction of sp³-hybridized carbons (Fsp3) is 0.235. The summed E-state index contributed by atoms with van der Waals surface area (Å²) in [5.74, 6) is -0.231. The standard InChI is InChI=1S/C17H19NO2/c1-3-20-17(19)16(14-10-6-4-7-11-14)18(2)15-12-8-5-9-13-15/h4-13,16H,3H2,1-2H3. The van der Waals surface area contributed by atoms with E-state index < -0.39 is 6.04 Å². The highest BCUT2D eigenvalue weighted by Gasteiger charge is 2.26. The van der Waals surface area contributed by atoms with E-state index in [0.29, 0.717) is 6.61 Å². The first-order chi connectivity index (χ1) is 9.74. The molecule has 2 aromatic carbocycles. The smallest absolute Gasteiger partial charge is 0.333 e. The van der Waals surface area contributed by atoms with Crippen molar-refractivity contribution in [3.8, 4) is 0 Å². The molecule has 2 aromatic rings. The van der Waals surface area contributed by atoms with Crippen LogP contribution in [0.3, 0.4) is 0 Å². The first-order valence-corrected chi connectivity index (χ1v) is 6.73. The molecule has 3 nitrogen and oxygen atoms in total. The van der Waals surface area contributed by atoms with Crippen molar-refractivity contribution in [2.45, 2.75) is 13.0 Å². The summed E-state index contributed by atoms with van der Waals surface area (Å²) in [5, 5.41) is 0. The predicted molar refractivity (Wildman–Crippen MR) is 80.7 cm³/mol. The average molecular weight is 269 g/mol. The first kappa shape index (κ1) is 14.1. The van der Waals surface area contributed by atoms with Crippen molar-refractivity contribution >= 4 is 11.7 Å². The van der Waals surface area contributed by atoms with Gasteiger partial charge in [-0.2, -0.15) is 0 Å². The Morgan fingerprint density at radius 3 is 2.15 bits per heavy atom. The predicted octanol–water partition coefficient (Wildman–Crippen LogP) is 3.43. The second-order valence-corrected chi connectivity index (χ2v) is 4.51. The van der Waals surface area contributed by atoms with Gasteiger partial charge >= 0.3 is 5.97 Å². The maximum absolute atomic E-state index is 12.3. The molecule has 0 aliphatic rings. The lowest BCUT2D eigenvalue weighted by atomic mass is 10.1. The van der Waals surface area contributed by atoms with E-state index in [4.69, 9.17) is 4.74 Å². The number of esters is 1. The summed E-state index contributed by atoms with van der Waals surface area (Å²) in [7, 11) is 1.91. The van der Waals surface area contributed by atoms with E-state index in [2.05, 4.69) is 0 Å². The number of ether oxygens (including phenoxy) is 1. The van der Waals surface area contributed by atoms with Crippen molar-refractivity contribution in [2.24, 2.45) is 0 Å². The summed E-state index contributed by atoms with van der Waals surface area (Å²) < 4.78 is 5.22. The number of para-hydroxylation sites is 1. The third-order valence-corrected chi connectivity index (χ3v) is 3.18. The quantitative estimate of drug-likeness (QED) is 0.779. The van der Waals surface area contributed by atoms with Gasteiger partial charge in [-0.25, -0.2) is 4.79 Å². The van der Waals surface area contributed by atoms with Crippen molar-refractivity contribution in [1.29, 1.82) is 0 Å². The number of carbonyl (C=O) groups excluding carboxylic acids is 1. The number of anilines is 1. The highest BCUT2D eigenvalue weighted by atomic mass is 16.5. The van der Waals surface area contributed by atoms with Gasteiger partial charge in [0.2, 0.25) is 0 Å². The molecule has 0 spiro atoms. The summed E-state index contributed by atoms with van der Waals surface area (Å²) in [5.41, 5.74) is 1.91. The highest BCUT2D eigenvalue weighted by Crippen LogP contribution is 2.26. The second kappa shape index (κ2) is 6.75. The van der Waals surface area contributed by atoms with Crippen LogP contribution in [0.4, 0.5) is 5.69 Å². The van der Waals surface area contributed by atoms with E-state index in [-0.39, 0.29) is 5.97 Å². The molecule has 0 aromatic heterocycles. The van der Waals surface area contributed by atoms with Crippen molar-refractivity contribution in [3.05, 3.63) is 66.2 Å². The van der Waals surface area contributed by atoms with Gasteiger partial charge in [0.15, 0.2) is 6.04 Å². The first-order valence-electron chi connectivity index (χ1n) is 6.73. The number of benzene rings is 2. The van der Waals surface area contributed by atoms with Gasteiger partial charge in [0.1, 0.15) is 0 Å². The van der Waals surface area contributed by atoms with Crippen LogP contribution < -0.4 is 4.90 Å². The van der Waals surface area contributed by atoms with Gasteiger partial charge in [-0.05, 0) is 24.6 Å². The van der Waals surface area contributed by atoms with Gasteiger partial charge in [0, 0.05) is 12.7 Å². The molecule has 104 valence electrons. The fourth-order valence-corrected chi connectivity index (χ4v) is 2.19. The van der Waals surface area contributed by atoms with Crippen LogP contribution in [-0.2, 0) is 9.53 Å². The lowest BCUT2D eigenvalue weighted by molar-refractivity contribution is -0.144. The summed E-state index contributed by atoms with van der Waals surface area (Å²) in [6.07, 6.45) is 0. The van der Waals surface area contributed by atoms with Crippen LogP contribution in [-0.4, -0.2) is 19.6 Å². The number of likely N-dealkylation sites (N-methyl/N-ethyl adjacent to an activating group) is 1. The maximum atomic E-state index is 12.3. The fourth-order valence-electron chi connectivity index (χ4n) is 2.19. The van der Waals surface area contributed by atoms with Crippen LogP contribution in [0.1, 0.15) is 18.5 Å². The minimum absolute atomic E-state index is 0.231. The van der Waals surface area contributed by atoms with Gasteiger partial charge < -0.3 is 9.64 Å². The van der Waals surface area contributed by atoms with E-state index in [1.807, 2.05) is 79.5 Å². The van der Waals surface area contributed by atoms with E-state index in [9.17, 15) is 4.79 Å². The minimum atomic E-state index is -0.432. The molecule has 0 fully saturated rings. The van der Waals surface area contributed by atoms with Crippen molar-refractivity contribution in [3.63, 3.8) is 0 Å². The Morgan fingerprint density at radius 2 is 1.60 bits per heavy atom. The molecular formula is C17H19NO2. The Hall–Kier alpha value is -2.29. The lowest BCUT2D eigenvalue weighted by Gasteiger charge is -2.28. The van der Waals surface area contributed by atoms with Crippen molar-refractivity contribution in [2.75, 3.05) is 18.6 Å². The molecule has 20 heavy (non-hydrogen) atoms. The summed E-state index contributed by atoms with van der Waals surface area (Å²) in [6.45, 7) is 2.20. The molecule has 1 atom stereocenters. The van der Waals surface area contributed by atoms with Gasteiger partial charge in [-0.3, -0.25) is 0 Å². The van der Waals surface area contributed by atoms with Crippen LogP contribution in [0, 0.1) is 0 Å². The van der Waals surface area contributed by atoms with E-state index in [0.717, 1.165) is 11.3 Å². The zero-order chi connectivity index (χ0) is 14.4. The molecule has 0 saturated carbocycles. The molecule has 2 rings (SSSR count). The molecular weight excluding hydrogens is 250 g/mol. The van der Waals surface area contributed by atoms with Gasteiger partial charge in [0.05, 0.1) is 6.61 Å². The Morgan fingerprint density at radius 1 is 1.05 bits per heavy atom. The number of nitrogens with zero attached hydrogens (tertiary/aromatic N) is 1. The van der Waals surface area contributed by atoms with Crippen LogP contribution in [0.5, 0.6) is 0 Å². The largest absolute Gasteiger partial charge is 0.464 e. The van der Waals surface area contributed by atoms with Crippen LogP contribution in [0.15, 0.2) is 60.7 Å². The van der Waals surface area contributed by atoms with Crippen molar-refractivity contribution in [1.82, 2.24) is 0 Å². The third kappa shape index (κ3) is 3.18. The Kier molecular flexibility index (Phi) is 4.77. The number of hydrogen-bond donors (Lipinski definition) is 0. The van der Waals surface area contributed by atoms with E-state index in [1.54, 1.807) is 0 Å². The SMILES string of the molecule is CCOC(=O)C(c1ccccc1)N(C)c1ccccc1. The average Bonchev–Trinajstić information content (AvgIpc) is 2.50. The zero-order valence-electron chi connectivity index (χ0n) is 11.8.